The lowest BCUT2D eigenvalue weighted by Crippen LogP contribution is -2.22. The van der Waals surface area contributed by atoms with Gasteiger partial charge in [0.05, 0.1) is 23.8 Å². The van der Waals surface area contributed by atoms with Crippen molar-refractivity contribution >= 4 is 11.6 Å². The van der Waals surface area contributed by atoms with Gasteiger partial charge in [-0.25, -0.2) is 0 Å². The van der Waals surface area contributed by atoms with Crippen LogP contribution in [0.5, 0.6) is 6.08 Å². The molecule has 0 fully saturated rings. The fourth-order valence-electron chi connectivity index (χ4n) is 0.893. The van der Waals surface area contributed by atoms with Crippen LogP contribution in [0.4, 0.5) is 0 Å². The molecule has 0 bridgehead atoms. The molecule has 0 aliphatic rings. The zero-order chi connectivity index (χ0) is 11.3. The van der Waals surface area contributed by atoms with Crippen molar-refractivity contribution in [1.82, 2.24) is 4.98 Å². The quantitative estimate of drug-likeness (QED) is 0.579. The molecule has 5 heteroatoms. The van der Waals surface area contributed by atoms with Gasteiger partial charge in [0.2, 0.25) is 0 Å². The van der Waals surface area contributed by atoms with Gasteiger partial charge in [0.15, 0.2) is 0 Å². The highest BCUT2D eigenvalue weighted by Crippen LogP contribution is 2.12. The number of aromatic nitrogens is 1. The molecule has 1 aromatic rings. The summed E-state index contributed by atoms with van der Waals surface area (Å²) in [5.41, 5.74) is 0.518. The van der Waals surface area contributed by atoms with Crippen LogP contribution in [0.1, 0.15) is 26.5 Å². The monoisotopic (exact) mass is 233 g/mol. The number of alkyl halides is 1. The normalized spacial score (nSPS) is 11.7. The van der Waals surface area contributed by atoms with E-state index in [1.165, 1.54) is 6.26 Å². The first-order chi connectivity index (χ1) is 7.01. The van der Waals surface area contributed by atoms with E-state index in [1.54, 1.807) is 0 Å². The van der Waals surface area contributed by atoms with E-state index in [0.29, 0.717) is 24.8 Å². The van der Waals surface area contributed by atoms with Crippen LogP contribution in [0.2, 0.25) is 0 Å². The van der Waals surface area contributed by atoms with Gasteiger partial charge in [-0.3, -0.25) is 0 Å². The Bertz CT molecular complexity index is 293. The third kappa shape index (κ3) is 5.04. The van der Waals surface area contributed by atoms with Crippen molar-refractivity contribution in [2.24, 2.45) is 0 Å². The van der Waals surface area contributed by atoms with E-state index in [9.17, 15) is 0 Å². The van der Waals surface area contributed by atoms with Crippen LogP contribution in [0.15, 0.2) is 10.7 Å². The maximum absolute atomic E-state index is 5.56. The predicted octanol–water partition coefficient (Wildman–Crippen LogP) is 2.61. The molecule has 0 aliphatic heterocycles. The van der Waals surface area contributed by atoms with Crippen molar-refractivity contribution < 1.29 is 13.9 Å². The van der Waals surface area contributed by atoms with Gasteiger partial charge in [0, 0.05) is 0 Å². The number of hydrogen-bond acceptors (Lipinski definition) is 4. The Morgan fingerprint density at radius 3 is 2.67 bits per heavy atom. The molecular formula is C10H16ClNO3. The maximum Gasteiger partial charge on any atom is 0.393 e. The summed E-state index contributed by atoms with van der Waals surface area (Å²) in [7, 11) is 0. The average molecular weight is 234 g/mol. The zero-order valence-corrected chi connectivity index (χ0v) is 10.0. The molecule has 0 unspecified atom stereocenters. The standard InChI is InChI=1S/C10H16ClNO3/c1-10(2,3)15-5-4-13-9-12-8(6-11)7-14-9/h7H,4-6H2,1-3H3. The first-order valence-electron chi connectivity index (χ1n) is 4.78. The Kier molecular flexibility index (Phi) is 4.42. The molecule has 0 saturated carbocycles. The molecule has 0 N–H and O–H groups in total. The van der Waals surface area contributed by atoms with Crippen molar-refractivity contribution in [3.05, 3.63) is 12.0 Å². The zero-order valence-electron chi connectivity index (χ0n) is 9.25. The summed E-state index contributed by atoms with van der Waals surface area (Å²) in [5, 5.41) is 0. The lowest BCUT2D eigenvalue weighted by molar-refractivity contribution is -0.0196. The lowest BCUT2D eigenvalue weighted by Gasteiger charge is -2.18. The van der Waals surface area contributed by atoms with Gasteiger partial charge < -0.3 is 13.9 Å². The van der Waals surface area contributed by atoms with Crippen LogP contribution < -0.4 is 4.74 Å². The SMILES string of the molecule is CC(C)(C)OCCOc1nc(CCl)co1. The molecule has 0 atom stereocenters. The highest BCUT2D eigenvalue weighted by atomic mass is 35.5. The highest BCUT2D eigenvalue weighted by Gasteiger charge is 2.10. The van der Waals surface area contributed by atoms with Crippen molar-refractivity contribution in [3.8, 4) is 6.08 Å². The number of nitrogens with zero attached hydrogens (tertiary/aromatic N) is 1. The van der Waals surface area contributed by atoms with E-state index in [0.717, 1.165) is 0 Å². The van der Waals surface area contributed by atoms with Gasteiger partial charge in [-0.2, -0.15) is 4.98 Å². The molecule has 0 radical (unpaired) electrons. The molecule has 0 saturated heterocycles. The average Bonchev–Trinajstić information content (AvgIpc) is 2.59. The molecule has 0 spiro atoms. The second-order valence-electron chi connectivity index (χ2n) is 4.05. The topological polar surface area (TPSA) is 44.5 Å². The van der Waals surface area contributed by atoms with Crippen molar-refractivity contribution in [1.29, 1.82) is 0 Å². The van der Waals surface area contributed by atoms with E-state index in [1.807, 2.05) is 20.8 Å². The molecule has 1 aromatic heterocycles. The second kappa shape index (κ2) is 5.37. The van der Waals surface area contributed by atoms with Crippen molar-refractivity contribution in [3.63, 3.8) is 0 Å². The largest absolute Gasteiger partial charge is 0.448 e. The van der Waals surface area contributed by atoms with E-state index >= 15 is 0 Å². The Morgan fingerprint density at radius 1 is 1.40 bits per heavy atom. The fraction of sp³-hybridized carbons (Fsp3) is 0.700. The Labute approximate surface area is 94.5 Å². The van der Waals surface area contributed by atoms with Gasteiger partial charge in [-0.1, -0.05) is 0 Å². The molecule has 1 rings (SSSR count). The fourth-order valence-corrected chi connectivity index (χ4v) is 1.02. The van der Waals surface area contributed by atoms with E-state index in [2.05, 4.69) is 4.98 Å². The Hall–Kier alpha value is -0.740. The first kappa shape index (κ1) is 12.3. The van der Waals surface area contributed by atoms with Crippen molar-refractivity contribution in [2.75, 3.05) is 13.2 Å². The smallest absolute Gasteiger partial charge is 0.393 e. The molecular weight excluding hydrogens is 218 g/mol. The summed E-state index contributed by atoms with van der Waals surface area (Å²) in [6.07, 6.45) is 1.72. The molecule has 15 heavy (non-hydrogen) atoms. The minimum absolute atomic E-state index is 0.152. The van der Waals surface area contributed by atoms with Gasteiger partial charge in [-0.05, 0) is 20.8 Å². The van der Waals surface area contributed by atoms with Crippen LogP contribution in [0.3, 0.4) is 0 Å². The number of oxazole rings is 1. The number of halogens is 1. The third-order valence-corrected chi connectivity index (χ3v) is 1.79. The molecule has 1 heterocycles. The molecule has 86 valence electrons. The van der Waals surface area contributed by atoms with Gasteiger partial charge in [-0.15, -0.1) is 11.6 Å². The first-order valence-corrected chi connectivity index (χ1v) is 5.32. The van der Waals surface area contributed by atoms with Crippen LogP contribution in [-0.2, 0) is 10.6 Å². The summed E-state index contributed by atoms with van der Waals surface area (Å²) in [6.45, 7) is 6.89. The van der Waals surface area contributed by atoms with E-state index < -0.39 is 0 Å². The number of rotatable bonds is 5. The Morgan fingerprint density at radius 2 is 2.13 bits per heavy atom. The summed E-state index contributed by atoms with van der Waals surface area (Å²) >= 11 is 5.56. The van der Waals surface area contributed by atoms with Gasteiger partial charge >= 0.3 is 6.08 Å². The summed E-state index contributed by atoms with van der Waals surface area (Å²) in [6, 6.07) is 0. The Balaban J connectivity index is 2.20. The van der Waals surface area contributed by atoms with Gasteiger partial charge in [0.25, 0.3) is 0 Å². The highest BCUT2D eigenvalue weighted by molar-refractivity contribution is 6.16. The lowest BCUT2D eigenvalue weighted by atomic mass is 10.2. The van der Waals surface area contributed by atoms with Crippen LogP contribution in [0, 0.1) is 0 Å². The summed E-state index contributed by atoms with van der Waals surface area (Å²) in [4.78, 5) is 3.99. The number of ether oxygens (including phenoxy) is 2. The minimum atomic E-state index is -0.152. The van der Waals surface area contributed by atoms with Crippen molar-refractivity contribution in [2.45, 2.75) is 32.3 Å². The minimum Gasteiger partial charge on any atom is -0.448 e. The van der Waals surface area contributed by atoms with E-state index in [-0.39, 0.29) is 11.7 Å². The van der Waals surface area contributed by atoms with Crippen LogP contribution in [0.25, 0.3) is 0 Å². The summed E-state index contributed by atoms with van der Waals surface area (Å²) < 4.78 is 15.7. The molecule has 0 aromatic carbocycles. The predicted molar refractivity (Wildman–Crippen MR) is 57.3 cm³/mol. The van der Waals surface area contributed by atoms with E-state index in [4.69, 9.17) is 25.5 Å². The molecule has 0 aliphatic carbocycles. The molecule has 0 amide bonds. The van der Waals surface area contributed by atoms with Crippen LogP contribution in [-0.4, -0.2) is 23.8 Å². The third-order valence-electron chi connectivity index (χ3n) is 1.51. The maximum atomic E-state index is 5.56. The summed E-state index contributed by atoms with van der Waals surface area (Å²) in [5.74, 6) is 0.325. The van der Waals surface area contributed by atoms with Gasteiger partial charge in [0.1, 0.15) is 12.9 Å². The van der Waals surface area contributed by atoms with Crippen LogP contribution >= 0.6 is 11.6 Å². The second-order valence-corrected chi connectivity index (χ2v) is 4.31. The molecule has 4 nitrogen and oxygen atoms in total. The number of hydrogen-bond donors (Lipinski definition) is 0.